The van der Waals surface area contributed by atoms with E-state index in [2.05, 4.69) is 9.47 Å². The molecule has 0 aliphatic carbocycles. The van der Waals surface area contributed by atoms with Crippen LogP contribution in [0.3, 0.4) is 0 Å². The van der Waals surface area contributed by atoms with E-state index in [-0.39, 0.29) is 17.4 Å². The highest BCUT2D eigenvalue weighted by molar-refractivity contribution is 7.85. The molecule has 18 heavy (non-hydrogen) atoms. The van der Waals surface area contributed by atoms with Crippen LogP contribution in [0.15, 0.2) is 41.2 Å². The number of rotatable bonds is 1. The van der Waals surface area contributed by atoms with Crippen LogP contribution >= 0.6 is 0 Å². The summed E-state index contributed by atoms with van der Waals surface area (Å²) in [5.74, 6) is 0.250. The lowest BCUT2D eigenvalue weighted by Crippen LogP contribution is -1.96. The molecule has 0 bridgehead atoms. The Hall–Kier alpha value is -2.04. The Balaban J connectivity index is 0.000000199. The second-order valence-corrected chi connectivity index (χ2v) is 4.73. The van der Waals surface area contributed by atoms with Gasteiger partial charge in [-0.15, -0.1) is 0 Å². The molecule has 6 nitrogen and oxygen atoms in total. The molecule has 0 unspecified atom stereocenters. The molecular weight excluding hydrogens is 258 g/mol. The van der Waals surface area contributed by atoms with Gasteiger partial charge in [-0.25, -0.2) is 0 Å². The molecule has 0 amide bonds. The first-order chi connectivity index (χ1) is 8.43. The number of hydrogen-bond acceptors (Lipinski definition) is 5. The Labute approximate surface area is 105 Å². The van der Waals surface area contributed by atoms with Crippen molar-refractivity contribution in [2.45, 2.75) is 11.8 Å². The lowest BCUT2D eigenvalue weighted by Gasteiger charge is -1.95. The maximum atomic E-state index is 10.5. The first-order valence-electron chi connectivity index (χ1n) is 4.82. The van der Waals surface area contributed by atoms with Gasteiger partial charge in [-0.1, -0.05) is 17.7 Å². The van der Waals surface area contributed by atoms with Crippen molar-refractivity contribution in [1.29, 1.82) is 5.26 Å². The number of hydrogen-bond donors (Lipinski definition) is 1. The van der Waals surface area contributed by atoms with Crippen molar-refractivity contribution in [3.8, 4) is 6.07 Å². The second-order valence-electron chi connectivity index (χ2n) is 3.31. The highest BCUT2D eigenvalue weighted by Crippen LogP contribution is 2.08. The second kappa shape index (κ2) is 6.05. The van der Waals surface area contributed by atoms with Gasteiger partial charge in [0.15, 0.2) is 0 Å². The molecule has 96 valence electrons. The van der Waals surface area contributed by atoms with Crippen LogP contribution in [0.25, 0.3) is 0 Å². The van der Waals surface area contributed by atoms with E-state index >= 15 is 0 Å². The van der Waals surface area contributed by atoms with E-state index in [0.717, 1.165) is 5.56 Å². The minimum atomic E-state index is -4.02. The van der Waals surface area contributed by atoms with Crippen molar-refractivity contribution < 1.29 is 22.4 Å². The van der Waals surface area contributed by atoms with Gasteiger partial charge in [-0.05, 0) is 19.1 Å². The summed E-state index contributed by atoms with van der Waals surface area (Å²) in [6, 6.07) is 7.77. The first-order valence-corrected chi connectivity index (χ1v) is 6.26. The minimum Gasteiger partial charge on any atom is -0.460 e. The number of aryl methyl sites for hydroxylation is 1. The molecule has 7 heteroatoms. The fraction of sp³-hybridized carbons (Fsp3) is 0.182. The highest BCUT2D eigenvalue weighted by Gasteiger charge is 2.06. The predicted octanol–water partition coefficient (Wildman–Crippen LogP) is 1.60. The fourth-order valence-corrected chi connectivity index (χ4v) is 1.49. The summed E-state index contributed by atoms with van der Waals surface area (Å²) < 4.78 is 38.7. The van der Waals surface area contributed by atoms with E-state index in [1.807, 2.05) is 6.92 Å². The number of nitrogens with zero attached hydrogens (tertiary/aromatic N) is 1. The van der Waals surface area contributed by atoms with Crippen LogP contribution in [0, 0.1) is 18.3 Å². The highest BCUT2D eigenvalue weighted by atomic mass is 32.2. The van der Waals surface area contributed by atoms with Gasteiger partial charge in [0.05, 0.1) is 4.90 Å². The van der Waals surface area contributed by atoms with Gasteiger partial charge in [0.2, 0.25) is 12.6 Å². The largest absolute Gasteiger partial charge is 0.460 e. The Morgan fingerprint density at radius 1 is 1.33 bits per heavy atom. The molecule has 0 atom stereocenters. The van der Waals surface area contributed by atoms with Crippen molar-refractivity contribution in [3.63, 3.8) is 0 Å². The summed E-state index contributed by atoms with van der Waals surface area (Å²) in [5.41, 5.74) is 0.956. The van der Waals surface area contributed by atoms with Crippen molar-refractivity contribution in [1.82, 2.24) is 0 Å². The standard InChI is InChI=1S/C7H8O3S.C4H3NO2/c1-6-2-4-7(5-3-6)11(8,9)10;5-1-4-2-6-3-7-4/h2-5H,1H3,(H,8,9,10);2H,3H2. The molecular formula is C11H11NO5S. The maximum absolute atomic E-state index is 10.5. The van der Waals surface area contributed by atoms with Crippen LogP contribution in [-0.4, -0.2) is 19.8 Å². The van der Waals surface area contributed by atoms with Gasteiger partial charge >= 0.3 is 0 Å². The third-order valence-electron chi connectivity index (χ3n) is 1.90. The van der Waals surface area contributed by atoms with E-state index in [1.54, 1.807) is 18.2 Å². The summed E-state index contributed by atoms with van der Waals surface area (Å²) in [6.45, 7) is 2.02. The molecule has 1 aliphatic heterocycles. The van der Waals surface area contributed by atoms with Crippen LogP contribution in [0.2, 0.25) is 0 Å². The zero-order chi connectivity index (χ0) is 13.6. The normalized spacial score (nSPS) is 13.3. The summed E-state index contributed by atoms with van der Waals surface area (Å²) >= 11 is 0. The van der Waals surface area contributed by atoms with E-state index < -0.39 is 10.1 Å². The Bertz CT molecular complexity index is 568. The molecule has 0 spiro atoms. The van der Waals surface area contributed by atoms with Gasteiger partial charge in [0.1, 0.15) is 12.3 Å². The summed E-state index contributed by atoms with van der Waals surface area (Å²) in [6.07, 6.45) is 1.29. The third-order valence-corrected chi connectivity index (χ3v) is 2.77. The van der Waals surface area contributed by atoms with Gasteiger partial charge in [0, 0.05) is 0 Å². The number of allylic oxidation sites excluding steroid dienone is 1. The Kier molecular flexibility index (Phi) is 4.71. The fourth-order valence-electron chi connectivity index (χ4n) is 1.01. The van der Waals surface area contributed by atoms with Gasteiger partial charge in [-0.2, -0.15) is 13.7 Å². The smallest absolute Gasteiger partial charge is 0.294 e. The number of benzene rings is 1. The third kappa shape index (κ3) is 4.45. The minimum absolute atomic E-state index is 0.0666. The van der Waals surface area contributed by atoms with Gasteiger partial charge < -0.3 is 9.47 Å². The summed E-state index contributed by atoms with van der Waals surface area (Å²) in [4.78, 5) is -0.0666. The van der Waals surface area contributed by atoms with Crippen LogP contribution in [0.5, 0.6) is 0 Å². The number of nitriles is 1. The lowest BCUT2D eigenvalue weighted by molar-refractivity contribution is 0.0852. The van der Waals surface area contributed by atoms with Gasteiger partial charge in [-0.3, -0.25) is 4.55 Å². The monoisotopic (exact) mass is 269 g/mol. The topological polar surface area (TPSA) is 96.6 Å². The Morgan fingerprint density at radius 2 is 1.94 bits per heavy atom. The van der Waals surface area contributed by atoms with Crippen molar-refractivity contribution in [3.05, 3.63) is 41.9 Å². The molecule has 0 saturated carbocycles. The predicted molar refractivity (Wildman–Crippen MR) is 61.7 cm³/mol. The molecule has 0 radical (unpaired) electrons. The summed E-state index contributed by atoms with van der Waals surface area (Å²) in [7, 11) is -4.02. The quantitative estimate of drug-likeness (QED) is 0.778. The molecule has 0 aromatic heterocycles. The average molecular weight is 269 g/mol. The van der Waals surface area contributed by atoms with Crippen LogP contribution in [-0.2, 0) is 19.6 Å². The average Bonchev–Trinajstić information content (AvgIpc) is 2.82. The van der Waals surface area contributed by atoms with Gasteiger partial charge in [0.25, 0.3) is 10.1 Å². The van der Waals surface area contributed by atoms with Crippen LogP contribution < -0.4 is 0 Å². The zero-order valence-electron chi connectivity index (χ0n) is 9.53. The Morgan fingerprint density at radius 3 is 2.28 bits per heavy atom. The molecule has 0 fully saturated rings. The van der Waals surface area contributed by atoms with E-state index in [4.69, 9.17) is 9.81 Å². The molecule has 2 rings (SSSR count). The van der Waals surface area contributed by atoms with E-state index in [9.17, 15) is 8.42 Å². The molecule has 1 aliphatic rings. The lowest BCUT2D eigenvalue weighted by atomic mass is 10.2. The summed E-state index contributed by atoms with van der Waals surface area (Å²) in [5, 5.41) is 8.04. The van der Waals surface area contributed by atoms with Crippen molar-refractivity contribution in [2.75, 3.05) is 6.79 Å². The molecule has 1 aromatic carbocycles. The maximum Gasteiger partial charge on any atom is 0.294 e. The van der Waals surface area contributed by atoms with Crippen molar-refractivity contribution >= 4 is 10.1 Å². The van der Waals surface area contributed by atoms with E-state index in [0.29, 0.717) is 0 Å². The van der Waals surface area contributed by atoms with E-state index in [1.165, 1.54) is 18.4 Å². The first kappa shape index (κ1) is 14.0. The zero-order valence-corrected chi connectivity index (χ0v) is 10.3. The molecule has 1 aromatic rings. The SMILES string of the molecule is Cc1ccc(S(=O)(=O)O)cc1.N#CC1=COCO1. The van der Waals surface area contributed by atoms with Crippen LogP contribution in [0.1, 0.15) is 5.56 Å². The molecule has 0 saturated heterocycles. The molecule has 1 heterocycles. The number of ether oxygens (including phenoxy) is 2. The van der Waals surface area contributed by atoms with Crippen molar-refractivity contribution in [2.24, 2.45) is 0 Å². The van der Waals surface area contributed by atoms with Crippen LogP contribution in [0.4, 0.5) is 0 Å². The molecule has 1 N–H and O–H groups in total.